The number of aromatic nitrogens is 2. The molecule has 0 spiro atoms. The number of nitrogens with one attached hydrogen (secondary N) is 1. The Balaban J connectivity index is 1.87. The first-order chi connectivity index (χ1) is 11.2. The summed E-state index contributed by atoms with van der Waals surface area (Å²) in [6, 6.07) is 0. The van der Waals surface area contributed by atoms with Gasteiger partial charge < -0.3 is 5.32 Å². The fraction of sp³-hybridized carbons (Fsp3) is 0.571. The molecule has 2 rings (SSSR count). The summed E-state index contributed by atoms with van der Waals surface area (Å²) in [5.41, 5.74) is -1.66. The second-order valence-corrected chi connectivity index (χ2v) is 5.77. The lowest BCUT2D eigenvalue weighted by Crippen LogP contribution is -2.26. The second-order valence-electron chi connectivity index (χ2n) is 5.39. The lowest BCUT2D eigenvalue weighted by Gasteiger charge is -2.09. The van der Waals surface area contributed by atoms with Crippen molar-refractivity contribution in [1.82, 2.24) is 15.1 Å². The van der Waals surface area contributed by atoms with Crippen molar-refractivity contribution >= 4 is 17.5 Å². The summed E-state index contributed by atoms with van der Waals surface area (Å²) >= 11 is 5.71. The highest BCUT2D eigenvalue weighted by molar-refractivity contribution is 6.32. The van der Waals surface area contributed by atoms with Gasteiger partial charge in [-0.3, -0.25) is 9.48 Å². The quantitative estimate of drug-likeness (QED) is 0.758. The molecule has 0 atom stereocenters. The molecule has 0 saturated carbocycles. The number of hydrogen-bond acceptors (Lipinski definition) is 4. The Bertz CT molecular complexity index is 698. The maximum Gasteiger partial charge on any atom is 0.436 e. The number of nitrogens with zero attached hydrogens (tertiary/aromatic N) is 4. The van der Waals surface area contributed by atoms with Crippen LogP contribution in [0.5, 0.6) is 0 Å². The van der Waals surface area contributed by atoms with E-state index in [-0.39, 0.29) is 24.6 Å². The predicted octanol–water partition coefficient (Wildman–Crippen LogP) is 3.06. The van der Waals surface area contributed by atoms with Gasteiger partial charge in [0.05, 0.1) is 17.3 Å². The molecule has 1 aromatic rings. The number of carbonyl (C=O) groups excluding carboxylic acids is 1. The summed E-state index contributed by atoms with van der Waals surface area (Å²) in [5, 5.41) is 13.2. The number of terminal acetylenes is 1. The van der Waals surface area contributed by atoms with Crippen LogP contribution < -0.4 is 5.32 Å². The zero-order valence-corrected chi connectivity index (χ0v) is 13.6. The molecule has 1 amide bonds. The van der Waals surface area contributed by atoms with Crippen LogP contribution in [0.15, 0.2) is 10.2 Å². The van der Waals surface area contributed by atoms with Crippen LogP contribution in [0.3, 0.4) is 0 Å². The van der Waals surface area contributed by atoms with Gasteiger partial charge in [-0.2, -0.15) is 28.5 Å². The Morgan fingerprint density at radius 3 is 2.58 bits per heavy atom. The smallest absolute Gasteiger partial charge is 0.350 e. The number of hydrogen-bond donors (Lipinski definition) is 1. The molecule has 0 aliphatic carbocycles. The third kappa shape index (κ3) is 4.26. The number of carbonyl (C=O) groups is 1. The van der Waals surface area contributed by atoms with Gasteiger partial charge in [0.1, 0.15) is 0 Å². The van der Waals surface area contributed by atoms with Gasteiger partial charge in [-0.25, -0.2) is 0 Å². The fourth-order valence-electron chi connectivity index (χ4n) is 2.16. The molecule has 0 aromatic carbocycles. The van der Waals surface area contributed by atoms with Crippen molar-refractivity contribution < 1.29 is 18.0 Å². The zero-order chi connectivity index (χ0) is 18.0. The monoisotopic (exact) mass is 361 g/mol. The average molecular weight is 362 g/mol. The van der Waals surface area contributed by atoms with Gasteiger partial charge in [0, 0.05) is 32.7 Å². The summed E-state index contributed by atoms with van der Waals surface area (Å²) in [6.45, 7) is -0.150. The van der Waals surface area contributed by atoms with Gasteiger partial charge in [0.15, 0.2) is 11.4 Å². The van der Waals surface area contributed by atoms with Gasteiger partial charge in [-0.1, -0.05) is 11.6 Å². The van der Waals surface area contributed by atoms with Crippen LogP contribution >= 0.6 is 11.6 Å². The minimum Gasteiger partial charge on any atom is -0.350 e. The molecule has 130 valence electrons. The van der Waals surface area contributed by atoms with Gasteiger partial charge >= 0.3 is 6.18 Å². The largest absolute Gasteiger partial charge is 0.436 e. The van der Waals surface area contributed by atoms with E-state index in [0.717, 1.165) is 4.68 Å². The van der Waals surface area contributed by atoms with E-state index in [0.29, 0.717) is 19.3 Å². The highest BCUT2D eigenvalue weighted by atomic mass is 35.5. The van der Waals surface area contributed by atoms with E-state index in [1.807, 2.05) is 0 Å². The highest BCUT2D eigenvalue weighted by Crippen LogP contribution is 2.37. The van der Waals surface area contributed by atoms with Gasteiger partial charge in [-0.15, -0.1) is 12.3 Å². The molecule has 0 fully saturated rings. The first-order valence-corrected chi connectivity index (χ1v) is 7.49. The summed E-state index contributed by atoms with van der Waals surface area (Å²) in [5.74, 6) is 2.15. The number of halogens is 4. The van der Waals surface area contributed by atoms with E-state index >= 15 is 0 Å². The minimum absolute atomic E-state index is 0.0835. The fourth-order valence-corrected chi connectivity index (χ4v) is 2.49. The molecule has 6 nitrogen and oxygen atoms in total. The Labute approximate surface area is 141 Å². The zero-order valence-electron chi connectivity index (χ0n) is 12.8. The Kier molecular flexibility index (Phi) is 5.18. The number of alkyl halides is 3. The van der Waals surface area contributed by atoms with E-state index < -0.39 is 22.6 Å². The van der Waals surface area contributed by atoms with Gasteiger partial charge in [0.25, 0.3) is 0 Å². The Morgan fingerprint density at radius 2 is 2.08 bits per heavy atom. The van der Waals surface area contributed by atoms with Crippen molar-refractivity contribution in [1.29, 1.82) is 0 Å². The SMILES string of the molecule is C#CCCC1(CCC(=O)NCc2c(Cl)c(C(F)(F)F)nn2C)N=N1. The summed E-state index contributed by atoms with van der Waals surface area (Å²) in [7, 11) is 1.33. The van der Waals surface area contributed by atoms with Gasteiger partial charge in [0.2, 0.25) is 5.91 Å². The Morgan fingerprint density at radius 1 is 1.42 bits per heavy atom. The lowest BCUT2D eigenvalue weighted by molar-refractivity contribution is -0.141. The molecule has 1 N–H and O–H groups in total. The Hall–Kier alpha value is -2.08. The molecule has 0 radical (unpaired) electrons. The van der Waals surface area contributed by atoms with Crippen LogP contribution in [0.25, 0.3) is 0 Å². The van der Waals surface area contributed by atoms with E-state index in [1.54, 1.807) is 0 Å². The van der Waals surface area contributed by atoms with Crippen molar-refractivity contribution in [2.75, 3.05) is 0 Å². The topological polar surface area (TPSA) is 71.6 Å². The van der Waals surface area contributed by atoms with Gasteiger partial charge in [-0.05, 0) is 0 Å². The average Bonchev–Trinajstić information content (AvgIpc) is 3.21. The third-order valence-electron chi connectivity index (χ3n) is 3.63. The molecule has 1 aliphatic heterocycles. The summed E-state index contributed by atoms with van der Waals surface area (Å²) < 4.78 is 39.2. The molecule has 10 heteroatoms. The predicted molar refractivity (Wildman–Crippen MR) is 80.0 cm³/mol. The standard InChI is InChI=1S/C14H15ClF3N5O/c1-3-4-6-13(21-22-13)7-5-10(24)19-8-9-11(15)12(14(16,17)18)20-23(9)2/h1H,4-8H2,2H3,(H,19,24). The minimum atomic E-state index is -4.64. The second kappa shape index (κ2) is 6.81. The summed E-state index contributed by atoms with van der Waals surface area (Å²) in [6.07, 6.45) is 2.18. The molecular formula is C14H15ClF3N5O. The molecule has 1 aliphatic rings. The summed E-state index contributed by atoms with van der Waals surface area (Å²) in [4.78, 5) is 11.9. The van der Waals surface area contributed by atoms with Crippen LogP contribution in [0.4, 0.5) is 13.2 Å². The molecule has 0 saturated heterocycles. The molecule has 2 heterocycles. The molecule has 24 heavy (non-hydrogen) atoms. The van der Waals surface area contributed by atoms with Crippen molar-refractivity contribution in [3.63, 3.8) is 0 Å². The third-order valence-corrected chi connectivity index (χ3v) is 4.03. The highest BCUT2D eigenvalue weighted by Gasteiger charge is 2.40. The van der Waals surface area contributed by atoms with Crippen LogP contribution in [0.1, 0.15) is 37.1 Å². The van der Waals surface area contributed by atoms with E-state index in [4.69, 9.17) is 18.0 Å². The van der Waals surface area contributed by atoms with Crippen molar-refractivity contribution in [2.45, 2.75) is 44.1 Å². The normalized spacial score (nSPS) is 15.2. The van der Waals surface area contributed by atoms with Crippen LogP contribution in [0, 0.1) is 12.3 Å². The van der Waals surface area contributed by atoms with E-state index in [1.165, 1.54) is 7.05 Å². The maximum atomic E-state index is 12.7. The van der Waals surface area contributed by atoms with Crippen LogP contribution in [-0.2, 0) is 24.6 Å². The van der Waals surface area contributed by atoms with Crippen molar-refractivity contribution in [3.05, 3.63) is 16.4 Å². The first-order valence-electron chi connectivity index (χ1n) is 7.11. The lowest BCUT2D eigenvalue weighted by atomic mass is 10.0. The van der Waals surface area contributed by atoms with E-state index in [2.05, 4.69) is 26.6 Å². The number of amides is 1. The molecular weight excluding hydrogens is 347 g/mol. The number of aryl methyl sites for hydroxylation is 1. The molecule has 0 bridgehead atoms. The molecule has 0 unspecified atom stereocenters. The first kappa shape index (κ1) is 18.3. The van der Waals surface area contributed by atoms with Crippen molar-refractivity contribution in [2.24, 2.45) is 17.3 Å². The van der Waals surface area contributed by atoms with E-state index in [9.17, 15) is 18.0 Å². The molecule has 1 aromatic heterocycles. The number of rotatable bonds is 7. The maximum absolute atomic E-state index is 12.7. The van der Waals surface area contributed by atoms with Crippen molar-refractivity contribution in [3.8, 4) is 12.3 Å². The van der Waals surface area contributed by atoms with Crippen LogP contribution in [0.2, 0.25) is 5.02 Å². The van der Waals surface area contributed by atoms with Crippen LogP contribution in [-0.4, -0.2) is 21.4 Å².